The summed E-state index contributed by atoms with van der Waals surface area (Å²) in [4.78, 5) is 10.7. The standard InChI is InChI=1S/C11H23NO4/c1-14-11(13)5-4-9-15-7-2-3-8-16-10-6-12/h2-10,12H2,1H3. The van der Waals surface area contributed by atoms with Crippen molar-refractivity contribution >= 4 is 5.97 Å². The first-order valence-corrected chi connectivity index (χ1v) is 5.73. The minimum absolute atomic E-state index is 0.182. The average Bonchev–Trinajstić information content (AvgIpc) is 2.31. The molecule has 0 aromatic heterocycles. The highest BCUT2D eigenvalue weighted by Crippen LogP contribution is 1.95. The van der Waals surface area contributed by atoms with Gasteiger partial charge in [-0.15, -0.1) is 0 Å². The van der Waals surface area contributed by atoms with E-state index in [0.717, 1.165) is 25.9 Å². The van der Waals surface area contributed by atoms with Crippen LogP contribution in [-0.2, 0) is 19.0 Å². The lowest BCUT2D eigenvalue weighted by Gasteiger charge is -2.04. The van der Waals surface area contributed by atoms with Gasteiger partial charge in [0.2, 0.25) is 0 Å². The van der Waals surface area contributed by atoms with Gasteiger partial charge in [-0.05, 0) is 19.3 Å². The quantitative estimate of drug-likeness (QED) is 0.420. The molecule has 0 fully saturated rings. The summed E-state index contributed by atoms with van der Waals surface area (Å²) in [5, 5.41) is 0. The van der Waals surface area contributed by atoms with Gasteiger partial charge in [0.25, 0.3) is 0 Å². The fourth-order valence-electron chi connectivity index (χ4n) is 1.12. The number of carbonyl (C=O) groups excluding carboxylic acids is 1. The van der Waals surface area contributed by atoms with Crippen LogP contribution in [0.2, 0.25) is 0 Å². The summed E-state index contributed by atoms with van der Waals surface area (Å²) in [5.41, 5.74) is 5.27. The van der Waals surface area contributed by atoms with Gasteiger partial charge in [0, 0.05) is 32.8 Å². The summed E-state index contributed by atoms with van der Waals surface area (Å²) < 4.78 is 15.1. The Morgan fingerprint density at radius 3 is 2.12 bits per heavy atom. The fourth-order valence-corrected chi connectivity index (χ4v) is 1.12. The lowest BCUT2D eigenvalue weighted by atomic mass is 10.3. The zero-order chi connectivity index (χ0) is 12.1. The van der Waals surface area contributed by atoms with E-state index in [2.05, 4.69) is 4.74 Å². The Labute approximate surface area is 97.2 Å². The second-order valence-electron chi connectivity index (χ2n) is 3.40. The van der Waals surface area contributed by atoms with Gasteiger partial charge in [-0.3, -0.25) is 4.79 Å². The van der Waals surface area contributed by atoms with E-state index in [0.29, 0.717) is 32.8 Å². The first-order chi connectivity index (χ1) is 7.81. The molecule has 2 N–H and O–H groups in total. The van der Waals surface area contributed by atoms with Crippen molar-refractivity contribution in [1.29, 1.82) is 0 Å². The maximum absolute atomic E-state index is 10.7. The van der Waals surface area contributed by atoms with Crippen molar-refractivity contribution in [2.45, 2.75) is 25.7 Å². The second kappa shape index (κ2) is 12.4. The molecule has 0 rings (SSSR count). The number of esters is 1. The monoisotopic (exact) mass is 233 g/mol. The third-order valence-corrected chi connectivity index (χ3v) is 1.99. The van der Waals surface area contributed by atoms with E-state index in [1.165, 1.54) is 7.11 Å². The number of rotatable bonds is 11. The van der Waals surface area contributed by atoms with Gasteiger partial charge >= 0.3 is 5.97 Å². The van der Waals surface area contributed by atoms with Crippen LogP contribution in [0.1, 0.15) is 25.7 Å². The van der Waals surface area contributed by atoms with Crippen molar-refractivity contribution in [3.8, 4) is 0 Å². The van der Waals surface area contributed by atoms with E-state index in [-0.39, 0.29) is 5.97 Å². The highest BCUT2D eigenvalue weighted by Gasteiger charge is 1.98. The molecule has 5 nitrogen and oxygen atoms in total. The van der Waals surface area contributed by atoms with Crippen molar-refractivity contribution in [3.05, 3.63) is 0 Å². The molecule has 0 amide bonds. The van der Waals surface area contributed by atoms with Crippen LogP contribution in [0.4, 0.5) is 0 Å². The van der Waals surface area contributed by atoms with Crippen molar-refractivity contribution in [2.24, 2.45) is 5.73 Å². The molecule has 0 aromatic rings. The first-order valence-electron chi connectivity index (χ1n) is 5.73. The molecule has 0 unspecified atom stereocenters. The number of carbonyl (C=O) groups is 1. The molecule has 0 aliphatic rings. The first kappa shape index (κ1) is 15.3. The number of ether oxygens (including phenoxy) is 3. The van der Waals surface area contributed by atoms with Gasteiger partial charge in [0.15, 0.2) is 0 Å². The van der Waals surface area contributed by atoms with Crippen LogP contribution in [0.3, 0.4) is 0 Å². The zero-order valence-corrected chi connectivity index (χ0v) is 10.1. The van der Waals surface area contributed by atoms with Crippen LogP contribution in [0, 0.1) is 0 Å². The molecule has 0 saturated carbocycles. The Balaban J connectivity index is 2.96. The van der Waals surface area contributed by atoms with Gasteiger partial charge < -0.3 is 19.9 Å². The minimum atomic E-state index is -0.182. The highest BCUT2D eigenvalue weighted by atomic mass is 16.5. The molecule has 5 heteroatoms. The van der Waals surface area contributed by atoms with E-state index in [1.807, 2.05) is 0 Å². The van der Waals surface area contributed by atoms with Gasteiger partial charge in [0.05, 0.1) is 13.7 Å². The van der Waals surface area contributed by atoms with Crippen molar-refractivity contribution in [3.63, 3.8) is 0 Å². The third-order valence-electron chi connectivity index (χ3n) is 1.99. The van der Waals surface area contributed by atoms with Crippen LogP contribution < -0.4 is 5.73 Å². The van der Waals surface area contributed by atoms with Gasteiger partial charge in [0.1, 0.15) is 0 Å². The maximum atomic E-state index is 10.7. The number of hydrogen-bond donors (Lipinski definition) is 1. The SMILES string of the molecule is COC(=O)CCCOCCCCOCCN. The van der Waals surface area contributed by atoms with Gasteiger partial charge in [-0.2, -0.15) is 0 Å². The Kier molecular flexibility index (Phi) is 11.9. The zero-order valence-electron chi connectivity index (χ0n) is 10.1. The average molecular weight is 233 g/mol. The number of unbranched alkanes of at least 4 members (excludes halogenated alkanes) is 1. The third kappa shape index (κ3) is 11.4. The second-order valence-corrected chi connectivity index (χ2v) is 3.40. The molecule has 0 bridgehead atoms. The minimum Gasteiger partial charge on any atom is -0.469 e. The molecule has 96 valence electrons. The molecule has 16 heavy (non-hydrogen) atoms. The summed E-state index contributed by atoms with van der Waals surface area (Å²) >= 11 is 0. The number of hydrogen-bond acceptors (Lipinski definition) is 5. The Hall–Kier alpha value is -0.650. The lowest BCUT2D eigenvalue weighted by Crippen LogP contribution is -2.09. The highest BCUT2D eigenvalue weighted by molar-refractivity contribution is 5.68. The lowest BCUT2D eigenvalue weighted by molar-refractivity contribution is -0.141. The molecular formula is C11H23NO4. The molecular weight excluding hydrogens is 210 g/mol. The Morgan fingerprint density at radius 1 is 1.00 bits per heavy atom. The van der Waals surface area contributed by atoms with Crippen LogP contribution in [-0.4, -0.2) is 46.1 Å². The van der Waals surface area contributed by atoms with E-state index < -0.39 is 0 Å². The molecule has 0 radical (unpaired) electrons. The fraction of sp³-hybridized carbons (Fsp3) is 0.909. The maximum Gasteiger partial charge on any atom is 0.305 e. The molecule has 0 aliphatic heterocycles. The molecule has 0 atom stereocenters. The smallest absolute Gasteiger partial charge is 0.305 e. The predicted octanol–water partition coefficient (Wildman–Crippen LogP) is 0.712. The van der Waals surface area contributed by atoms with Crippen molar-refractivity contribution in [1.82, 2.24) is 0 Å². The summed E-state index contributed by atoms with van der Waals surface area (Å²) in [6, 6.07) is 0. The molecule has 0 aliphatic carbocycles. The normalized spacial score (nSPS) is 10.4. The summed E-state index contributed by atoms with van der Waals surface area (Å²) in [5.74, 6) is -0.182. The van der Waals surface area contributed by atoms with E-state index in [4.69, 9.17) is 15.2 Å². The molecule has 0 spiro atoms. The summed E-state index contributed by atoms with van der Waals surface area (Å²) in [6.45, 7) is 3.26. The molecule has 0 aromatic carbocycles. The number of nitrogens with two attached hydrogens (primary N) is 1. The van der Waals surface area contributed by atoms with Crippen LogP contribution in [0.25, 0.3) is 0 Å². The van der Waals surface area contributed by atoms with E-state index in [9.17, 15) is 4.79 Å². The summed E-state index contributed by atoms with van der Waals surface area (Å²) in [6.07, 6.45) is 3.10. The Bertz CT molecular complexity index is 164. The van der Waals surface area contributed by atoms with Crippen LogP contribution >= 0.6 is 0 Å². The molecule has 0 saturated heterocycles. The van der Waals surface area contributed by atoms with E-state index in [1.54, 1.807) is 0 Å². The van der Waals surface area contributed by atoms with Crippen molar-refractivity contribution in [2.75, 3.05) is 40.1 Å². The van der Waals surface area contributed by atoms with Crippen LogP contribution in [0.15, 0.2) is 0 Å². The number of methoxy groups -OCH3 is 1. The van der Waals surface area contributed by atoms with Crippen LogP contribution in [0.5, 0.6) is 0 Å². The van der Waals surface area contributed by atoms with E-state index >= 15 is 0 Å². The van der Waals surface area contributed by atoms with Gasteiger partial charge in [-0.25, -0.2) is 0 Å². The van der Waals surface area contributed by atoms with Gasteiger partial charge in [-0.1, -0.05) is 0 Å². The topological polar surface area (TPSA) is 70.8 Å². The largest absolute Gasteiger partial charge is 0.469 e. The van der Waals surface area contributed by atoms with Crippen molar-refractivity contribution < 1.29 is 19.0 Å². The molecule has 0 heterocycles. The predicted molar refractivity (Wildman–Crippen MR) is 61.2 cm³/mol. The summed E-state index contributed by atoms with van der Waals surface area (Å²) in [7, 11) is 1.39. The Morgan fingerprint density at radius 2 is 1.56 bits per heavy atom.